The predicted octanol–water partition coefficient (Wildman–Crippen LogP) is 3.60. The van der Waals surface area contributed by atoms with Crippen molar-refractivity contribution in [1.82, 2.24) is 14.9 Å². The number of hydrogen-bond acceptors (Lipinski definition) is 5. The molecule has 0 atom stereocenters. The highest BCUT2D eigenvalue weighted by atomic mass is 35.5. The van der Waals surface area contributed by atoms with E-state index < -0.39 is 0 Å². The van der Waals surface area contributed by atoms with E-state index in [1.165, 1.54) is 6.20 Å². The molecule has 2 aromatic heterocycles. The maximum absolute atomic E-state index is 12.4. The first-order valence-electron chi connectivity index (χ1n) is 9.27. The highest BCUT2D eigenvalue weighted by Gasteiger charge is 2.16. The fourth-order valence-corrected chi connectivity index (χ4v) is 3.48. The van der Waals surface area contributed by atoms with Gasteiger partial charge in [0, 0.05) is 43.4 Å². The molecule has 1 aliphatic heterocycles. The van der Waals surface area contributed by atoms with E-state index in [9.17, 15) is 4.79 Å². The summed E-state index contributed by atoms with van der Waals surface area (Å²) in [6.07, 6.45) is 1.47. The van der Waals surface area contributed by atoms with Crippen molar-refractivity contribution < 1.29 is 4.79 Å². The molecule has 1 aliphatic rings. The topological polar surface area (TPSA) is 61.4 Å². The van der Waals surface area contributed by atoms with Gasteiger partial charge in [0.15, 0.2) is 0 Å². The van der Waals surface area contributed by atoms with E-state index in [1.807, 2.05) is 18.2 Å². The van der Waals surface area contributed by atoms with Crippen LogP contribution in [0.1, 0.15) is 15.9 Å². The molecule has 3 heterocycles. The summed E-state index contributed by atoms with van der Waals surface area (Å²) in [6.45, 7) is 6.14. The Bertz CT molecular complexity index is 1010. The molecule has 0 bridgehead atoms. The Balaban J connectivity index is 1.57. The van der Waals surface area contributed by atoms with E-state index in [0.29, 0.717) is 10.7 Å². The van der Waals surface area contributed by atoms with Gasteiger partial charge in [-0.25, -0.2) is 9.97 Å². The number of piperazine rings is 1. The van der Waals surface area contributed by atoms with Crippen molar-refractivity contribution in [3.05, 3.63) is 58.9 Å². The summed E-state index contributed by atoms with van der Waals surface area (Å²) < 4.78 is 0. The van der Waals surface area contributed by atoms with Crippen molar-refractivity contribution >= 4 is 39.9 Å². The summed E-state index contributed by atoms with van der Waals surface area (Å²) in [6, 6.07) is 11.2. The van der Waals surface area contributed by atoms with Crippen molar-refractivity contribution in [2.24, 2.45) is 0 Å². The quantitative estimate of drug-likeness (QED) is 0.686. The molecule has 28 heavy (non-hydrogen) atoms. The van der Waals surface area contributed by atoms with Gasteiger partial charge in [0.25, 0.3) is 5.91 Å². The van der Waals surface area contributed by atoms with Gasteiger partial charge in [-0.1, -0.05) is 11.6 Å². The van der Waals surface area contributed by atoms with E-state index in [0.717, 1.165) is 54.2 Å². The Hall–Kier alpha value is -2.70. The van der Waals surface area contributed by atoms with Crippen molar-refractivity contribution in [2.45, 2.75) is 6.92 Å². The second kappa shape index (κ2) is 7.73. The molecule has 3 aromatic rings. The maximum atomic E-state index is 12.4. The molecule has 4 rings (SSSR count). The van der Waals surface area contributed by atoms with Gasteiger partial charge in [0.1, 0.15) is 11.0 Å². The number of rotatable bonds is 3. The van der Waals surface area contributed by atoms with Crippen LogP contribution < -0.4 is 10.2 Å². The third kappa shape index (κ3) is 3.93. The predicted molar refractivity (Wildman–Crippen MR) is 113 cm³/mol. The van der Waals surface area contributed by atoms with Gasteiger partial charge < -0.3 is 15.1 Å². The van der Waals surface area contributed by atoms with Crippen LogP contribution >= 0.6 is 11.6 Å². The molecule has 0 spiro atoms. The van der Waals surface area contributed by atoms with Crippen molar-refractivity contribution in [1.29, 1.82) is 0 Å². The number of nitrogens with zero attached hydrogens (tertiary/aromatic N) is 4. The van der Waals surface area contributed by atoms with E-state index in [4.69, 9.17) is 16.6 Å². The lowest BCUT2D eigenvalue weighted by molar-refractivity contribution is 0.102. The molecule has 0 saturated carbocycles. The van der Waals surface area contributed by atoms with Crippen molar-refractivity contribution in [2.75, 3.05) is 43.4 Å². The standard InChI is InChI=1S/C21H22ClN5O/c1-14-11-20(27-9-7-26(2)8-10-27)25-18-5-4-16(12-17(14)18)24-21(28)15-3-6-19(22)23-13-15/h3-6,11-13H,7-10H2,1-2H3,(H,24,28). The Morgan fingerprint density at radius 2 is 1.89 bits per heavy atom. The highest BCUT2D eigenvalue weighted by Crippen LogP contribution is 2.26. The van der Waals surface area contributed by atoms with E-state index in [2.05, 4.69) is 40.1 Å². The number of carbonyl (C=O) groups is 1. The molecule has 1 N–H and O–H groups in total. The molecule has 0 aliphatic carbocycles. The summed E-state index contributed by atoms with van der Waals surface area (Å²) in [5.41, 5.74) is 3.26. The number of fused-ring (bicyclic) bond motifs is 1. The van der Waals surface area contributed by atoms with Gasteiger partial charge in [-0.05, 0) is 55.9 Å². The van der Waals surface area contributed by atoms with E-state index in [-0.39, 0.29) is 5.91 Å². The van der Waals surface area contributed by atoms with E-state index in [1.54, 1.807) is 12.1 Å². The highest BCUT2D eigenvalue weighted by molar-refractivity contribution is 6.29. The van der Waals surface area contributed by atoms with Crippen LogP contribution in [-0.4, -0.2) is 54.0 Å². The van der Waals surface area contributed by atoms with E-state index >= 15 is 0 Å². The van der Waals surface area contributed by atoms with Crippen LogP contribution in [0.15, 0.2) is 42.6 Å². The number of aromatic nitrogens is 2. The largest absolute Gasteiger partial charge is 0.354 e. The Kier molecular flexibility index (Phi) is 5.15. The zero-order valence-electron chi connectivity index (χ0n) is 15.9. The van der Waals surface area contributed by atoms with Gasteiger partial charge in [0.2, 0.25) is 0 Å². The molecular weight excluding hydrogens is 374 g/mol. The maximum Gasteiger partial charge on any atom is 0.257 e. The first-order chi connectivity index (χ1) is 13.5. The summed E-state index contributed by atoms with van der Waals surface area (Å²) >= 11 is 5.78. The number of aryl methyl sites for hydroxylation is 1. The van der Waals surface area contributed by atoms with Crippen LogP contribution in [0.3, 0.4) is 0 Å². The summed E-state index contributed by atoms with van der Waals surface area (Å²) in [4.78, 5) is 25.9. The Morgan fingerprint density at radius 1 is 1.11 bits per heavy atom. The molecular formula is C21H22ClN5O. The van der Waals surface area contributed by atoms with Crippen molar-refractivity contribution in [3.8, 4) is 0 Å². The van der Waals surface area contributed by atoms with Crippen LogP contribution in [0.4, 0.5) is 11.5 Å². The van der Waals surface area contributed by atoms with Gasteiger partial charge in [-0.2, -0.15) is 0 Å². The molecule has 0 unspecified atom stereocenters. The minimum Gasteiger partial charge on any atom is -0.354 e. The number of hydrogen-bond donors (Lipinski definition) is 1. The van der Waals surface area contributed by atoms with Crippen LogP contribution in [0.25, 0.3) is 10.9 Å². The first kappa shape index (κ1) is 18.7. The summed E-state index contributed by atoms with van der Waals surface area (Å²) in [5.74, 6) is 0.797. The monoisotopic (exact) mass is 395 g/mol. The fourth-order valence-electron chi connectivity index (χ4n) is 3.37. The van der Waals surface area contributed by atoms with Crippen LogP contribution in [0.2, 0.25) is 5.15 Å². The minimum atomic E-state index is -0.219. The smallest absolute Gasteiger partial charge is 0.257 e. The molecule has 1 aromatic carbocycles. The second-order valence-electron chi connectivity index (χ2n) is 7.14. The lowest BCUT2D eigenvalue weighted by atomic mass is 10.1. The number of likely N-dealkylation sites (N-methyl/N-ethyl adjacent to an activating group) is 1. The average Bonchev–Trinajstić information content (AvgIpc) is 2.69. The molecule has 6 nitrogen and oxygen atoms in total. The van der Waals surface area contributed by atoms with Gasteiger partial charge >= 0.3 is 0 Å². The molecule has 1 fully saturated rings. The van der Waals surface area contributed by atoms with Gasteiger partial charge in [-0.15, -0.1) is 0 Å². The number of halogens is 1. The second-order valence-corrected chi connectivity index (χ2v) is 7.53. The molecule has 1 amide bonds. The average molecular weight is 396 g/mol. The number of pyridine rings is 2. The molecule has 0 radical (unpaired) electrons. The third-order valence-corrected chi connectivity index (χ3v) is 5.30. The molecule has 144 valence electrons. The number of benzene rings is 1. The molecule has 7 heteroatoms. The van der Waals surface area contributed by atoms with Crippen LogP contribution in [0, 0.1) is 6.92 Å². The summed E-state index contributed by atoms with van der Waals surface area (Å²) in [5, 5.41) is 4.31. The third-order valence-electron chi connectivity index (χ3n) is 5.08. The number of carbonyl (C=O) groups excluding carboxylic acids is 1. The minimum absolute atomic E-state index is 0.219. The number of amides is 1. The zero-order chi connectivity index (χ0) is 19.7. The van der Waals surface area contributed by atoms with Crippen molar-refractivity contribution in [3.63, 3.8) is 0 Å². The normalized spacial score (nSPS) is 15.0. The molecule has 1 saturated heterocycles. The Labute approximate surface area is 169 Å². The Morgan fingerprint density at radius 3 is 2.61 bits per heavy atom. The number of nitrogens with one attached hydrogen (secondary N) is 1. The van der Waals surface area contributed by atoms with Gasteiger partial charge in [-0.3, -0.25) is 4.79 Å². The van der Waals surface area contributed by atoms with Crippen LogP contribution in [0.5, 0.6) is 0 Å². The SMILES string of the molecule is Cc1cc(N2CCN(C)CC2)nc2ccc(NC(=O)c3ccc(Cl)nc3)cc12. The fraction of sp³-hybridized carbons (Fsp3) is 0.286. The van der Waals surface area contributed by atoms with Crippen LogP contribution in [-0.2, 0) is 0 Å². The number of anilines is 2. The first-order valence-corrected chi connectivity index (χ1v) is 9.65. The lowest BCUT2D eigenvalue weighted by Crippen LogP contribution is -2.44. The lowest BCUT2D eigenvalue weighted by Gasteiger charge is -2.33. The summed E-state index contributed by atoms with van der Waals surface area (Å²) in [7, 11) is 2.15. The zero-order valence-corrected chi connectivity index (χ0v) is 16.7. The van der Waals surface area contributed by atoms with Gasteiger partial charge in [0.05, 0.1) is 11.1 Å².